The Balaban J connectivity index is 1.89. The highest BCUT2D eigenvalue weighted by Crippen LogP contribution is 2.20. The van der Waals surface area contributed by atoms with Crippen LogP contribution >= 0.6 is 0 Å². The Morgan fingerprint density at radius 3 is 3.00 bits per heavy atom. The van der Waals surface area contributed by atoms with E-state index in [1.807, 2.05) is 10.8 Å². The van der Waals surface area contributed by atoms with E-state index >= 15 is 0 Å². The van der Waals surface area contributed by atoms with Crippen LogP contribution in [0.3, 0.4) is 0 Å². The molecular formula is C12H14N4O2. The predicted molar refractivity (Wildman–Crippen MR) is 67.1 cm³/mol. The summed E-state index contributed by atoms with van der Waals surface area (Å²) in [5.41, 5.74) is 6.10. The highest BCUT2D eigenvalue weighted by Gasteiger charge is 2.07. The molecule has 1 amide bonds. The molecular weight excluding hydrogens is 232 g/mol. The van der Waals surface area contributed by atoms with Gasteiger partial charge in [-0.2, -0.15) is 0 Å². The van der Waals surface area contributed by atoms with Crippen LogP contribution in [0.25, 0.3) is 0 Å². The molecule has 4 N–H and O–H groups in total. The van der Waals surface area contributed by atoms with Crippen molar-refractivity contribution in [2.24, 2.45) is 0 Å². The van der Waals surface area contributed by atoms with Crippen molar-refractivity contribution in [3.05, 3.63) is 42.5 Å². The molecule has 0 fully saturated rings. The number of amides is 1. The largest absolute Gasteiger partial charge is 0.506 e. The first kappa shape index (κ1) is 12.0. The summed E-state index contributed by atoms with van der Waals surface area (Å²) in [7, 11) is 0. The lowest BCUT2D eigenvalue weighted by Gasteiger charge is -2.07. The van der Waals surface area contributed by atoms with Crippen molar-refractivity contribution in [2.45, 2.75) is 6.54 Å². The van der Waals surface area contributed by atoms with Crippen molar-refractivity contribution < 1.29 is 9.90 Å². The SMILES string of the molecule is Nc1ccc(C(=O)NCCn2ccnc2)cc1O. The van der Waals surface area contributed by atoms with Gasteiger partial charge in [-0.1, -0.05) is 0 Å². The fourth-order valence-electron chi connectivity index (χ4n) is 1.50. The lowest BCUT2D eigenvalue weighted by Crippen LogP contribution is -2.26. The Bertz CT molecular complexity index is 537. The van der Waals surface area contributed by atoms with Crippen LogP contribution in [0.5, 0.6) is 5.75 Å². The molecule has 0 bridgehead atoms. The van der Waals surface area contributed by atoms with E-state index < -0.39 is 0 Å². The van der Waals surface area contributed by atoms with E-state index in [1.54, 1.807) is 18.6 Å². The number of aromatic nitrogens is 2. The van der Waals surface area contributed by atoms with Crippen molar-refractivity contribution in [2.75, 3.05) is 12.3 Å². The molecule has 94 valence electrons. The summed E-state index contributed by atoms with van der Waals surface area (Å²) < 4.78 is 1.86. The number of imidazole rings is 1. The molecule has 6 nitrogen and oxygen atoms in total. The van der Waals surface area contributed by atoms with Crippen molar-refractivity contribution in [3.8, 4) is 5.75 Å². The van der Waals surface area contributed by atoms with Crippen LogP contribution in [0.2, 0.25) is 0 Å². The Morgan fingerprint density at radius 2 is 2.33 bits per heavy atom. The number of carbonyl (C=O) groups is 1. The lowest BCUT2D eigenvalue weighted by atomic mass is 10.2. The van der Waals surface area contributed by atoms with Gasteiger partial charge in [0.25, 0.3) is 5.91 Å². The van der Waals surface area contributed by atoms with E-state index in [2.05, 4.69) is 10.3 Å². The van der Waals surface area contributed by atoms with Gasteiger partial charge >= 0.3 is 0 Å². The van der Waals surface area contributed by atoms with E-state index in [4.69, 9.17) is 5.73 Å². The van der Waals surface area contributed by atoms with Gasteiger partial charge in [-0.25, -0.2) is 4.98 Å². The maximum absolute atomic E-state index is 11.7. The average molecular weight is 246 g/mol. The van der Waals surface area contributed by atoms with Gasteiger partial charge in [0.15, 0.2) is 0 Å². The molecule has 0 radical (unpaired) electrons. The zero-order chi connectivity index (χ0) is 13.0. The second-order valence-electron chi connectivity index (χ2n) is 3.83. The third-order valence-corrected chi connectivity index (χ3v) is 2.51. The Kier molecular flexibility index (Phi) is 3.47. The molecule has 0 aliphatic heterocycles. The highest BCUT2D eigenvalue weighted by atomic mass is 16.3. The van der Waals surface area contributed by atoms with Crippen molar-refractivity contribution >= 4 is 11.6 Å². The van der Waals surface area contributed by atoms with Crippen LogP contribution in [0, 0.1) is 0 Å². The van der Waals surface area contributed by atoms with Gasteiger partial charge < -0.3 is 20.7 Å². The van der Waals surface area contributed by atoms with Crippen LogP contribution in [0.15, 0.2) is 36.9 Å². The monoisotopic (exact) mass is 246 g/mol. The number of carbonyl (C=O) groups excluding carboxylic acids is 1. The summed E-state index contributed by atoms with van der Waals surface area (Å²) in [5, 5.41) is 12.2. The Labute approximate surface area is 104 Å². The molecule has 1 aromatic carbocycles. The topological polar surface area (TPSA) is 93.2 Å². The summed E-state index contributed by atoms with van der Waals surface area (Å²) in [5.74, 6) is -0.331. The van der Waals surface area contributed by atoms with Crippen LogP contribution in [0.4, 0.5) is 5.69 Å². The number of benzene rings is 1. The number of nitrogen functional groups attached to an aromatic ring is 1. The number of nitrogens with one attached hydrogen (secondary N) is 1. The number of phenolic OH excluding ortho intramolecular Hbond substituents is 1. The molecule has 1 aromatic heterocycles. The molecule has 0 saturated heterocycles. The number of hydrogen-bond donors (Lipinski definition) is 3. The Hall–Kier alpha value is -2.50. The molecule has 1 heterocycles. The van der Waals surface area contributed by atoms with Crippen LogP contribution in [0.1, 0.15) is 10.4 Å². The molecule has 0 aliphatic rings. The van der Waals surface area contributed by atoms with E-state index in [9.17, 15) is 9.90 Å². The first-order valence-electron chi connectivity index (χ1n) is 5.49. The first-order chi connectivity index (χ1) is 8.66. The standard InChI is InChI=1S/C12H14N4O2/c13-10-2-1-9(7-11(10)17)12(18)15-4-6-16-5-3-14-8-16/h1-3,5,7-8,17H,4,6,13H2,(H,15,18). The average Bonchev–Trinajstić information content (AvgIpc) is 2.85. The molecule has 2 rings (SSSR count). The van der Waals surface area contributed by atoms with E-state index in [1.165, 1.54) is 12.1 Å². The normalized spacial score (nSPS) is 10.2. The molecule has 0 aliphatic carbocycles. The highest BCUT2D eigenvalue weighted by molar-refractivity contribution is 5.95. The van der Waals surface area contributed by atoms with Gasteiger partial charge in [-0.15, -0.1) is 0 Å². The number of rotatable bonds is 4. The molecule has 18 heavy (non-hydrogen) atoms. The molecule has 0 unspecified atom stereocenters. The summed E-state index contributed by atoms with van der Waals surface area (Å²) in [6.45, 7) is 1.13. The van der Waals surface area contributed by atoms with Gasteiger partial charge in [-0.05, 0) is 18.2 Å². The number of nitrogens with two attached hydrogens (primary N) is 1. The van der Waals surface area contributed by atoms with Gasteiger partial charge in [0.1, 0.15) is 5.75 Å². The summed E-state index contributed by atoms with van der Waals surface area (Å²) >= 11 is 0. The summed E-state index contributed by atoms with van der Waals surface area (Å²) in [6, 6.07) is 4.42. The van der Waals surface area contributed by atoms with Gasteiger partial charge in [0, 0.05) is 31.0 Å². The molecule has 6 heteroatoms. The minimum Gasteiger partial charge on any atom is -0.506 e. The third kappa shape index (κ3) is 2.79. The van der Waals surface area contributed by atoms with Crippen molar-refractivity contribution in [1.82, 2.24) is 14.9 Å². The smallest absolute Gasteiger partial charge is 0.251 e. The summed E-state index contributed by atoms with van der Waals surface area (Å²) in [6.07, 6.45) is 5.18. The molecule has 2 aromatic rings. The predicted octanol–water partition coefficient (Wildman–Crippen LogP) is 0.601. The van der Waals surface area contributed by atoms with Crippen LogP contribution in [-0.2, 0) is 6.54 Å². The minimum absolute atomic E-state index is 0.0859. The van der Waals surface area contributed by atoms with E-state index in [-0.39, 0.29) is 17.3 Å². The third-order valence-electron chi connectivity index (χ3n) is 2.51. The maximum atomic E-state index is 11.7. The molecule has 0 atom stereocenters. The molecule has 0 spiro atoms. The van der Waals surface area contributed by atoms with Crippen LogP contribution < -0.4 is 11.1 Å². The van der Waals surface area contributed by atoms with Gasteiger partial charge in [0.2, 0.25) is 0 Å². The first-order valence-corrected chi connectivity index (χ1v) is 5.49. The maximum Gasteiger partial charge on any atom is 0.251 e. The van der Waals surface area contributed by atoms with Crippen LogP contribution in [-0.4, -0.2) is 27.1 Å². The minimum atomic E-state index is -0.245. The fraction of sp³-hybridized carbons (Fsp3) is 0.167. The number of aromatic hydroxyl groups is 1. The summed E-state index contributed by atoms with van der Waals surface area (Å²) in [4.78, 5) is 15.7. The number of anilines is 1. The number of nitrogens with zero attached hydrogens (tertiary/aromatic N) is 2. The van der Waals surface area contributed by atoms with Crippen molar-refractivity contribution in [3.63, 3.8) is 0 Å². The second-order valence-corrected chi connectivity index (χ2v) is 3.83. The van der Waals surface area contributed by atoms with Gasteiger partial charge in [-0.3, -0.25) is 4.79 Å². The quantitative estimate of drug-likeness (QED) is 0.544. The Morgan fingerprint density at radius 1 is 1.50 bits per heavy atom. The second kappa shape index (κ2) is 5.22. The van der Waals surface area contributed by atoms with E-state index in [0.717, 1.165) is 0 Å². The van der Waals surface area contributed by atoms with E-state index in [0.29, 0.717) is 18.7 Å². The fourth-order valence-corrected chi connectivity index (χ4v) is 1.50. The molecule has 0 saturated carbocycles. The lowest BCUT2D eigenvalue weighted by molar-refractivity contribution is 0.0952. The number of phenols is 1. The zero-order valence-electron chi connectivity index (χ0n) is 9.71. The van der Waals surface area contributed by atoms with Crippen molar-refractivity contribution in [1.29, 1.82) is 0 Å². The van der Waals surface area contributed by atoms with Gasteiger partial charge in [0.05, 0.1) is 12.0 Å². The number of hydrogen-bond acceptors (Lipinski definition) is 4. The zero-order valence-corrected chi connectivity index (χ0v) is 9.71.